The maximum Gasteiger partial charge on any atom is 0.123 e. The Balaban J connectivity index is 1.81. The molecule has 1 aromatic heterocycles. The number of aromatic nitrogens is 1. The number of pyridine rings is 1. The van der Waals surface area contributed by atoms with Gasteiger partial charge in [-0.25, -0.2) is 9.37 Å². The van der Waals surface area contributed by atoms with Crippen LogP contribution < -0.4 is 0 Å². The molecule has 3 rings (SSSR count). The van der Waals surface area contributed by atoms with Crippen LogP contribution in [0.25, 0.3) is 0 Å². The van der Waals surface area contributed by atoms with Crippen LogP contribution in [0.1, 0.15) is 35.7 Å². The Bertz CT molecular complexity index is 719. The molecule has 4 heteroatoms. The van der Waals surface area contributed by atoms with Crippen LogP contribution in [-0.2, 0) is 18.6 Å². The van der Waals surface area contributed by atoms with Gasteiger partial charge in [0.05, 0.1) is 5.56 Å². The van der Waals surface area contributed by atoms with E-state index in [9.17, 15) is 9.65 Å². The Morgan fingerprint density at radius 2 is 2.14 bits per heavy atom. The summed E-state index contributed by atoms with van der Waals surface area (Å²) >= 11 is 1.55. The Morgan fingerprint density at radius 1 is 1.36 bits per heavy atom. The Hall–Kier alpha value is -1.86. The van der Waals surface area contributed by atoms with Gasteiger partial charge in [-0.05, 0) is 54.5 Å². The lowest BCUT2D eigenvalue weighted by Crippen LogP contribution is -2.14. The molecule has 1 aliphatic carbocycles. The molecular formula is C18H17FN2S. The minimum Gasteiger partial charge on any atom is -0.245 e. The van der Waals surface area contributed by atoms with E-state index >= 15 is 0 Å². The van der Waals surface area contributed by atoms with Crippen LogP contribution in [-0.4, -0.2) is 4.98 Å². The maximum atomic E-state index is 12.9. The summed E-state index contributed by atoms with van der Waals surface area (Å²) in [5.41, 5.74) is 4.04. The summed E-state index contributed by atoms with van der Waals surface area (Å²) in [6.45, 7) is 2.24. The van der Waals surface area contributed by atoms with Gasteiger partial charge in [0.1, 0.15) is 16.9 Å². The third kappa shape index (κ3) is 3.31. The van der Waals surface area contributed by atoms with Crippen LogP contribution >= 0.6 is 11.8 Å². The average molecular weight is 312 g/mol. The van der Waals surface area contributed by atoms with Crippen molar-refractivity contribution >= 4 is 11.8 Å². The Labute approximate surface area is 134 Å². The molecule has 0 aliphatic heterocycles. The summed E-state index contributed by atoms with van der Waals surface area (Å²) in [5.74, 6) is 1.13. The van der Waals surface area contributed by atoms with Crippen molar-refractivity contribution in [2.75, 3.05) is 0 Å². The molecule has 1 aliphatic rings. The van der Waals surface area contributed by atoms with E-state index in [-0.39, 0.29) is 5.82 Å². The van der Waals surface area contributed by atoms with Crippen molar-refractivity contribution < 1.29 is 4.39 Å². The second-order valence-corrected chi connectivity index (χ2v) is 6.79. The summed E-state index contributed by atoms with van der Waals surface area (Å²) < 4.78 is 12.9. The number of benzene rings is 1. The quantitative estimate of drug-likeness (QED) is 0.782. The molecule has 1 heterocycles. The predicted octanol–water partition coefficient (Wildman–Crippen LogP) is 4.51. The normalized spacial score (nSPS) is 16.9. The fourth-order valence-corrected chi connectivity index (χ4v) is 3.68. The van der Waals surface area contributed by atoms with E-state index in [1.807, 2.05) is 6.07 Å². The van der Waals surface area contributed by atoms with Gasteiger partial charge in [-0.1, -0.05) is 19.1 Å². The van der Waals surface area contributed by atoms with E-state index in [2.05, 4.69) is 13.0 Å². The van der Waals surface area contributed by atoms with Crippen molar-refractivity contribution in [2.45, 2.75) is 37.0 Å². The largest absolute Gasteiger partial charge is 0.245 e. The standard InChI is InChI=1S/C18H17FN2S/c1-12-2-7-17-14(8-12)9-15(10-20)18(21-17)22-11-13-3-5-16(19)6-4-13/h3-6,9,12H,2,7-8,11H2,1H3. The summed E-state index contributed by atoms with van der Waals surface area (Å²) in [6, 6.07) is 10.7. The molecule has 112 valence electrons. The Morgan fingerprint density at radius 3 is 2.86 bits per heavy atom. The zero-order chi connectivity index (χ0) is 15.5. The van der Waals surface area contributed by atoms with Gasteiger partial charge in [-0.2, -0.15) is 5.26 Å². The van der Waals surface area contributed by atoms with Crippen molar-refractivity contribution in [3.63, 3.8) is 0 Å². The summed E-state index contributed by atoms with van der Waals surface area (Å²) in [5, 5.41) is 10.2. The van der Waals surface area contributed by atoms with E-state index in [0.717, 1.165) is 35.5 Å². The van der Waals surface area contributed by atoms with E-state index < -0.39 is 0 Å². The topological polar surface area (TPSA) is 36.7 Å². The van der Waals surface area contributed by atoms with Crippen molar-refractivity contribution in [3.05, 3.63) is 58.5 Å². The number of thioether (sulfide) groups is 1. The zero-order valence-electron chi connectivity index (χ0n) is 12.5. The van der Waals surface area contributed by atoms with Gasteiger partial charge in [-0.3, -0.25) is 0 Å². The summed E-state index contributed by atoms with van der Waals surface area (Å²) in [4.78, 5) is 4.72. The zero-order valence-corrected chi connectivity index (χ0v) is 13.3. The average Bonchev–Trinajstić information content (AvgIpc) is 2.53. The molecule has 0 bridgehead atoms. The van der Waals surface area contributed by atoms with Gasteiger partial charge in [-0.15, -0.1) is 11.8 Å². The van der Waals surface area contributed by atoms with Gasteiger partial charge in [0, 0.05) is 11.4 Å². The van der Waals surface area contributed by atoms with Gasteiger partial charge >= 0.3 is 0 Å². The third-order valence-corrected chi connectivity index (χ3v) is 5.07. The molecule has 1 aromatic carbocycles. The van der Waals surface area contributed by atoms with Crippen LogP contribution in [0.2, 0.25) is 0 Å². The minimum absolute atomic E-state index is 0.229. The number of hydrogen-bond donors (Lipinski definition) is 0. The molecule has 0 radical (unpaired) electrons. The number of nitriles is 1. The number of halogens is 1. The highest BCUT2D eigenvalue weighted by Crippen LogP contribution is 2.30. The van der Waals surface area contributed by atoms with E-state index in [4.69, 9.17) is 4.98 Å². The van der Waals surface area contributed by atoms with Crippen LogP contribution in [0.5, 0.6) is 0 Å². The highest BCUT2D eigenvalue weighted by molar-refractivity contribution is 7.98. The fraction of sp³-hybridized carbons (Fsp3) is 0.333. The van der Waals surface area contributed by atoms with E-state index in [1.54, 1.807) is 23.9 Å². The lowest BCUT2D eigenvalue weighted by atomic mass is 9.87. The molecule has 0 saturated heterocycles. The number of hydrogen-bond acceptors (Lipinski definition) is 3. The maximum absolute atomic E-state index is 12.9. The van der Waals surface area contributed by atoms with Crippen LogP contribution in [0.15, 0.2) is 35.4 Å². The first-order valence-corrected chi connectivity index (χ1v) is 8.44. The third-order valence-electron chi connectivity index (χ3n) is 4.01. The van der Waals surface area contributed by atoms with Crippen LogP contribution in [0.4, 0.5) is 4.39 Å². The number of aryl methyl sites for hydroxylation is 1. The fourth-order valence-electron chi connectivity index (χ4n) is 2.75. The second-order valence-electron chi connectivity index (χ2n) is 5.82. The van der Waals surface area contributed by atoms with Crippen LogP contribution in [0, 0.1) is 23.1 Å². The summed E-state index contributed by atoms with van der Waals surface area (Å²) in [6.07, 6.45) is 3.17. The molecule has 0 fully saturated rings. The minimum atomic E-state index is -0.229. The highest BCUT2D eigenvalue weighted by Gasteiger charge is 2.19. The van der Waals surface area contributed by atoms with Gasteiger partial charge < -0.3 is 0 Å². The lowest BCUT2D eigenvalue weighted by Gasteiger charge is -2.21. The van der Waals surface area contributed by atoms with Crippen LogP contribution in [0.3, 0.4) is 0 Å². The number of fused-ring (bicyclic) bond motifs is 1. The molecule has 2 nitrogen and oxygen atoms in total. The first kappa shape index (κ1) is 15.1. The molecule has 0 amide bonds. The van der Waals surface area contributed by atoms with Gasteiger partial charge in [0.2, 0.25) is 0 Å². The smallest absolute Gasteiger partial charge is 0.123 e. The Kier molecular flexibility index (Phi) is 4.44. The molecule has 1 unspecified atom stereocenters. The predicted molar refractivity (Wildman–Crippen MR) is 86.1 cm³/mol. The second kappa shape index (κ2) is 6.50. The molecular weight excluding hydrogens is 295 g/mol. The number of rotatable bonds is 3. The van der Waals surface area contributed by atoms with Gasteiger partial charge in [0.25, 0.3) is 0 Å². The number of nitrogens with zero attached hydrogens (tertiary/aromatic N) is 2. The monoisotopic (exact) mass is 312 g/mol. The van der Waals surface area contributed by atoms with E-state index in [1.165, 1.54) is 17.7 Å². The first-order chi connectivity index (χ1) is 10.7. The van der Waals surface area contributed by atoms with Gasteiger partial charge in [0.15, 0.2) is 0 Å². The molecule has 22 heavy (non-hydrogen) atoms. The molecule has 0 N–H and O–H groups in total. The molecule has 1 atom stereocenters. The molecule has 2 aromatic rings. The lowest BCUT2D eigenvalue weighted by molar-refractivity contribution is 0.491. The molecule has 0 spiro atoms. The highest BCUT2D eigenvalue weighted by atomic mass is 32.2. The molecule has 0 saturated carbocycles. The van der Waals surface area contributed by atoms with Crippen molar-refractivity contribution in [1.82, 2.24) is 4.98 Å². The van der Waals surface area contributed by atoms with Crippen molar-refractivity contribution in [1.29, 1.82) is 5.26 Å². The SMILES string of the molecule is CC1CCc2nc(SCc3ccc(F)cc3)c(C#N)cc2C1. The van der Waals surface area contributed by atoms with Crippen molar-refractivity contribution in [3.8, 4) is 6.07 Å². The van der Waals surface area contributed by atoms with Crippen molar-refractivity contribution in [2.24, 2.45) is 5.92 Å². The first-order valence-electron chi connectivity index (χ1n) is 7.46. The van der Waals surface area contributed by atoms with E-state index in [0.29, 0.717) is 17.2 Å². The summed E-state index contributed by atoms with van der Waals surface area (Å²) in [7, 11) is 0.